The van der Waals surface area contributed by atoms with Crippen LogP contribution in [0, 0.1) is 0 Å². The Bertz CT molecular complexity index is 1250. The molecule has 0 unspecified atom stereocenters. The predicted octanol–water partition coefficient (Wildman–Crippen LogP) is 4.50. The number of halogens is 2. The van der Waals surface area contributed by atoms with E-state index >= 15 is 0 Å². The van der Waals surface area contributed by atoms with Crippen LogP contribution in [0.3, 0.4) is 0 Å². The summed E-state index contributed by atoms with van der Waals surface area (Å²) in [5.74, 6) is 0.0156. The van der Waals surface area contributed by atoms with E-state index in [2.05, 4.69) is 21.9 Å². The minimum Gasteiger partial charge on any atom is -0.383 e. The average molecular weight is 425 g/mol. The zero-order chi connectivity index (χ0) is 20.5. The molecular weight excluding hydrogens is 411 g/mol. The zero-order valence-electron chi connectivity index (χ0n) is 14.9. The Kier molecular flexibility index (Phi) is 4.92. The highest BCUT2D eigenvalue weighted by atomic mass is 35.5. The van der Waals surface area contributed by atoms with E-state index in [0.717, 1.165) is 11.3 Å². The van der Waals surface area contributed by atoms with Crippen molar-refractivity contribution < 1.29 is 4.79 Å². The highest BCUT2D eigenvalue weighted by Crippen LogP contribution is 2.34. The van der Waals surface area contributed by atoms with Crippen molar-refractivity contribution in [1.82, 2.24) is 19.7 Å². The number of aromatic nitrogens is 4. The SMILES string of the molecule is C=CC(=O)Nc1ccc(-n2nc(-c3ccc(Cl)c(Cl)c3)c3c(N)ncnc32)cc1. The highest BCUT2D eigenvalue weighted by Gasteiger charge is 2.18. The van der Waals surface area contributed by atoms with Crippen LogP contribution in [-0.4, -0.2) is 25.7 Å². The molecule has 0 spiro atoms. The van der Waals surface area contributed by atoms with E-state index in [1.165, 1.54) is 12.4 Å². The Morgan fingerprint density at radius 3 is 2.55 bits per heavy atom. The molecule has 2 aromatic heterocycles. The lowest BCUT2D eigenvalue weighted by molar-refractivity contribution is -0.111. The predicted molar refractivity (Wildman–Crippen MR) is 115 cm³/mol. The number of nitrogens with zero attached hydrogens (tertiary/aromatic N) is 4. The molecule has 0 saturated carbocycles. The third-order valence-corrected chi connectivity index (χ3v) is 4.99. The molecule has 0 aliphatic carbocycles. The first-order valence-corrected chi connectivity index (χ1v) is 9.22. The quantitative estimate of drug-likeness (QED) is 0.470. The molecule has 3 N–H and O–H groups in total. The number of hydrogen-bond acceptors (Lipinski definition) is 5. The Hall–Kier alpha value is -3.42. The monoisotopic (exact) mass is 424 g/mol. The lowest BCUT2D eigenvalue weighted by Crippen LogP contribution is -2.07. The number of carbonyl (C=O) groups excluding carboxylic acids is 1. The molecule has 0 bridgehead atoms. The maximum atomic E-state index is 11.5. The number of carbonyl (C=O) groups is 1. The highest BCUT2D eigenvalue weighted by molar-refractivity contribution is 6.42. The first kappa shape index (κ1) is 18.9. The molecule has 2 aromatic carbocycles. The Morgan fingerprint density at radius 2 is 1.86 bits per heavy atom. The standard InChI is InChI=1S/C20H14Cl2N6O/c1-2-16(29)26-12-4-6-13(7-5-12)28-20-17(19(23)24-10-25-20)18(27-28)11-3-8-14(21)15(22)9-11/h2-10H,1H2,(H,26,29)(H2,23,24,25). The minimum absolute atomic E-state index is 0.287. The van der Waals surface area contributed by atoms with Gasteiger partial charge in [0.1, 0.15) is 17.8 Å². The van der Waals surface area contributed by atoms with Gasteiger partial charge < -0.3 is 11.1 Å². The molecule has 7 nitrogen and oxygen atoms in total. The summed E-state index contributed by atoms with van der Waals surface area (Å²) < 4.78 is 1.66. The van der Waals surface area contributed by atoms with Crippen molar-refractivity contribution in [3.8, 4) is 16.9 Å². The van der Waals surface area contributed by atoms with Crippen LogP contribution in [0.25, 0.3) is 28.0 Å². The molecule has 2 heterocycles. The molecule has 4 aromatic rings. The summed E-state index contributed by atoms with van der Waals surface area (Å²) in [5, 5.41) is 8.86. The van der Waals surface area contributed by atoms with Crippen LogP contribution in [0.5, 0.6) is 0 Å². The van der Waals surface area contributed by atoms with Gasteiger partial charge in [0.05, 0.1) is 21.1 Å². The molecular formula is C20H14Cl2N6O. The average Bonchev–Trinajstić information content (AvgIpc) is 3.11. The molecule has 0 atom stereocenters. The van der Waals surface area contributed by atoms with E-state index in [9.17, 15) is 4.79 Å². The van der Waals surface area contributed by atoms with Crippen LogP contribution in [0.15, 0.2) is 61.4 Å². The number of benzene rings is 2. The smallest absolute Gasteiger partial charge is 0.247 e. The summed E-state index contributed by atoms with van der Waals surface area (Å²) in [4.78, 5) is 19.9. The van der Waals surface area contributed by atoms with Gasteiger partial charge in [-0.3, -0.25) is 4.79 Å². The van der Waals surface area contributed by atoms with Gasteiger partial charge in [0.15, 0.2) is 5.65 Å². The minimum atomic E-state index is -0.287. The number of nitrogen functional groups attached to an aromatic ring is 1. The number of fused-ring (bicyclic) bond motifs is 1. The Morgan fingerprint density at radius 1 is 1.10 bits per heavy atom. The molecule has 0 fully saturated rings. The Balaban J connectivity index is 1.86. The number of amides is 1. The number of hydrogen-bond donors (Lipinski definition) is 2. The largest absolute Gasteiger partial charge is 0.383 e. The zero-order valence-corrected chi connectivity index (χ0v) is 16.4. The van der Waals surface area contributed by atoms with E-state index in [-0.39, 0.29) is 5.91 Å². The fourth-order valence-electron chi connectivity index (χ4n) is 2.88. The summed E-state index contributed by atoms with van der Waals surface area (Å²) in [6, 6.07) is 12.4. The lowest BCUT2D eigenvalue weighted by atomic mass is 10.1. The summed E-state index contributed by atoms with van der Waals surface area (Å²) in [7, 11) is 0. The van der Waals surface area contributed by atoms with Crippen LogP contribution in [0.1, 0.15) is 0 Å². The van der Waals surface area contributed by atoms with E-state index in [1.54, 1.807) is 35.0 Å². The van der Waals surface area contributed by atoms with Crippen molar-refractivity contribution in [1.29, 1.82) is 0 Å². The number of nitrogens with two attached hydrogens (primary N) is 1. The third-order valence-electron chi connectivity index (χ3n) is 4.25. The van der Waals surface area contributed by atoms with Crippen molar-refractivity contribution >= 4 is 51.6 Å². The summed E-state index contributed by atoms with van der Waals surface area (Å²) in [5.41, 5.74) is 9.36. The van der Waals surface area contributed by atoms with Gasteiger partial charge in [-0.25, -0.2) is 14.6 Å². The van der Waals surface area contributed by atoms with Gasteiger partial charge in [-0.15, -0.1) is 0 Å². The molecule has 29 heavy (non-hydrogen) atoms. The Labute approximate surface area is 175 Å². The molecule has 0 saturated heterocycles. The number of nitrogens with one attached hydrogen (secondary N) is 1. The van der Waals surface area contributed by atoms with Crippen LogP contribution in [0.4, 0.5) is 11.5 Å². The van der Waals surface area contributed by atoms with Gasteiger partial charge in [0.25, 0.3) is 0 Å². The van der Waals surface area contributed by atoms with Crippen LogP contribution >= 0.6 is 23.2 Å². The molecule has 9 heteroatoms. The van der Waals surface area contributed by atoms with Crippen LogP contribution in [-0.2, 0) is 4.79 Å². The van der Waals surface area contributed by atoms with E-state index < -0.39 is 0 Å². The van der Waals surface area contributed by atoms with Gasteiger partial charge >= 0.3 is 0 Å². The molecule has 0 aliphatic rings. The van der Waals surface area contributed by atoms with Crippen molar-refractivity contribution in [2.24, 2.45) is 0 Å². The summed E-state index contributed by atoms with van der Waals surface area (Å²) in [6.07, 6.45) is 2.59. The fourth-order valence-corrected chi connectivity index (χ4v) is 3.18. The lowest BCUT2D eigenvalue weighted by Gasteiger charge is -2.05. The number of rotatable bonds is 4. The second-order valence-corrected chi connectivity index (χ2v) is 6.90. The van der Waals surface area contributed by atoms with Gasteiger partial charge in [-0.05, 0) is 42.5 Å². The summed E-state index contributed by atoms with van der Waals surface area (Å²) in [6.45, 7) is 3.44. The van der Waals surface area contributed by atoms with Crippen molar-refractivity contribution in [2.45, 2.75) is 0 Å². The van der Waals surface area contributed by atoms with Gasteiger partial charge in [-0.1, -0.05) is 35.8 Å². The van der Waals surface area contributed by atoms with E-state index in [1.807, 2.05) is 12.1 Å². The van der Waals surface area contributed by atoms with E-state index in [4.69, 9.17) is 34.0 Å². The van der Waals surface area contributed by atoms with Crippen LogP contribution < -0.4 is 11.1 Å². The van der Waals surface area contributed by atoms with Crippen LogP contribution in [0.2, 0.25) is 10.0 Å². The molecule has 0 radical (unpaired) electrons. The van der Waals surface area contributed by atoms with E-state index in [0.29, 0.717) is 38.3 Å². The molecule has 0 aliphatic heterocycles. The molecule has 4 rings (SSSR count). The first-order valence-electron chi connectivity index (χ1n) is 8.46. The van der Waals surface area contributed by atoms with Crippen molar-refractivity contribution in [3.05, 3.63) is 71.5 Å². The van der Waals surface area contributed by atoms with Crippen molar-refractivity contribution in [2.75, 3.05) is 11.1 Å². The van der Waals surface area contributed by atoms with Crippen molar-refractivity contribution in [3.63, 3.8) is 0 Å². The van der Waals surface area contributed by atoms with Gasteiger partial charge in [-0.2, -0.15) is 5.10 Å². The fraction of sp³-hybridized carbons (Fsp3) is 0. The van der Waals surface area contributed by atoms with Gasteiger partial charge in [0.2, 0.25) is 5.91 Å². The second-order valence-electron chi connectivity index (χ2n) is 6.09. The normalized spacial score (nSPS) is 10.8. The number of anilines is 2. The van der Waals surface area contributed by atoms with Gasteiger partial charge in [0, 0.05) is 11.3 Å². The molecule has 144 valence electrons. The topological polar surface area (TPSA) is 98.7 Å². The molecule has 1 amide bonds. The maximum Gasteiger partial charge on any atom is 0.247 e. The third kappa shape index (κ3) is 3.53. The first-order chi connectivity index (χ1) is 14.0. The second kappa shape index (κ2) is 7.54. The maximum absolute atomic E-state index is 11.5. The summed E-state index contributed by atoms with van der Waals surface area (Å²) >= 11 is 12.2.